The summed E-state index contributed by atoms with van der Waals surface area (Å²) in [5.74, 6) is -0.153. The van der Waals surface area contributed by atoms with Crippen molar-refractivity contribution >= 4 is 29.3 Å². The van der Waals surface area contributed by atoms with Crippen LogP contribution in [-0.2, 0) is 10.3 Å². The number of nitrogens with one attached hydrogen (secondary N) is 2. The van der Waals surface area contributed by atoms with E-state index in [4.69, 9.17) is 9.47 Å². The zero-order chi connectivity index (χ0) is 25.3. The summed E-state index contributed by atoms with van der Waals surface area (Å²) in [7, 11) is 0. The van der Waals surface area contributed by atoms with Gasteiger partial charge in [0.05, 0.1) is 6.54 Å². The molecule has 2 N–H and O–H groups in total. The van der Waals surface area contributed by atoms with Gasteiger partial charge in [-0.3, -0.25) is 19.3 Å². The molecule has 4 amide bonds. The van der Waals surface area contributed by atoms with Crippen LogP contribution in [0.4, 0.5) is 10.5 Å². The second-order valence-electron chi connectivity index (χ2n) is 8.63. The van der Waals surface area contributed by atoms with Gasteiger partial charge in [-0.05, 0) is 61.0 Å². The Bertz CT molecular complexity index is 1360. The van der Waals surface area contributed by atoms with Crippen LogP contribution in [0, 0.1) is 0 Å². The van der Waals surface area contributed by atoms with Crippen LogP contribution in [0.25, 0.3) is 0 Å². The maximum absolute atomic E-state index is 13.3. The number of anilines is 1. The van der Waals surface area contributed by atoms with Crippen molar-refractivity contribution in [2.24, 2.45) is 0 Å². The van der Waals surface area contributed by atoms with Crippen LogP contribution in [-0.4, -0.2) is 48.3 Å². The number of rotatable bonds is 6. The molecule has 0 saturated carbocycles. The molecule has 9 nitrogen and oxygen atoms in total. The fourth-order valence-electron chi connectivity index (χ4n) is 4.16. The molecular formula is C27H23N3O6. The van der Waals surface area contributed by atoms with Crippen molar-refractivity contribution in [2.45, 2.75) is 12.5 Å². The molecule has 0 spiro atoms. The molecule has 2 aliphatic rings. The number of hydrogen-bond acceptors (Lipinski definition) is 6. The number of carbonyl (C=O) groups excluding carboxylic acids is 4. The van der Waals surface area contributed by atoms with E-state index in [0.29, 0.717) is 47.1 Å². The first-order valence-electron chi connectivity index (χ1n) is 11.4. The monoisotopic (exact) mass is 485 g/mol. The minimum Gasteiger partial charge on any atom is -0.486 e. The van der Waals surface area contributed by atoms with Crippen LogP contribution in [0.5, 0.6) is 11.5 Å². The molecule has 182 valence electrons. The van der Waals surface area contributed by atoms with Gasteiger partial charge in [0.25, 0.3) is 11.8 Å². The van der Waals surface area contributed by atoms with Gasteiger partial charge >= 0.3 is 6.03 Å². The van der Waals surface area contributed by atoms with E-state index in [2.05, 4.69) is 10.6 Å². The number of nitrogens with zero attached hydrogens (tertiary/aromatic N) is 1. The van der Waals surface area contributed by atoms with Gasteiger partial charge in [0.2, 0.25) is 0 Å². The van der Waals surface area contributed by atoms with Crippen molar-refractivity contribution < 1.29 is 28.7 Å². The van der Waals surface area contributed by atoms with Gasteiger partial charge in [-0.15, -0.1) is 0 Å². The van der Waals surface area contributed by atoms with Crippen LogP contribution < -0.4 is 20.1 Å². The van der Waals surface area contributed by atoms with Gasteiger partial charge in [0.1, 0.15) is 18.8 Å². The van der Waals surface area contributed by atoms with Gasteiger partial charge in [-0.2, -0.15) is 0 Å². The lowest BCUT2D eigenvalue weighted by atomic mass is 9.91. The number of ketones is 1. The number of amides is 4. The third kappa shape index (κ3) is 4.26. The molecule has 1 atom stereocenters. The maximum atomic E-state index is 13.3. The summed E-state index contributed by atoms with van der Waals surface area (Å²) in [5, 5.41) is 5.46. The lowest BCUT2D eigenvalue weighted by molar-refractivity contribution is -0.130. The molecule has 0 radical (unpaired) electrons. The molecule has 3 aromatic rings. The Labute approximate surface area is 207 Å². The largest absolute Gasteiger partial charge is 0.486 e. The molecule has 36 heavy (non-hydrogen) atoms. The standard InChI is InChI=1S/C27H23N3O6/c1-27(19-9-12-22-23(15-19)36-14-13-35-22)25(33)30(26(34)29-27)16-21(31)17-7-10-20(11-8-17)28-24(32)18-5-3-2-4-6-18/h2-12,15H,13-14,16H2,1H3,(H,28,32)(H,29,34)/t27-/m1/s1. The Morgan fingerprint density at radius 2 is 1.61 bits per heavy atom. The fourth-order valence-corrected chi connectivity index (χ4v) is 4.16. The summed E-state index contributed by atoms with van der Waals surface area (Å²) in [5.41, 5.74) is 0.511. The second-order valence-corrected chi connectivity index (χ2v) is 8.63. The molecule has 5 rings (SSSR count). The molecule has 0 bridgehead atoms. The first kappa shape index (κ1) is 23.1. The minimum atomic E-state index is -1.35. The summed E-state index contributed by atoms with van der Waals surface area (Å²) in [4.78, 5) is 52.0. The third-order valence-corrected chi connectivity index (χ3v) is 6.20. The Morgan fingerprint density at radius 3 is 2.33 bits per heavy atom. The quantitative estimate of drug-likeness (QED) is 0.409. The lowest BCUT2D eigenvalue weighted by Gasteiger charge is -2.25. The number of Topliss-reactive ketones (excluding diaryl/α,β-unsaturated/α-hetero) is 1. The van der Waals surface area contributed by atoms with Gasteiger partial charge in [-0.1, -0.05) is 24.3 Å². The van der Waals surface area contributed by atoms with Crippen molar-refractivity contribution in [3.63, 3.8) is 0 Å². The van der Waals surface area contributed by atoms with Crippen LogP contribution in [0.1, 0.15) is 33.2 Å². The lowest BCUT2D eigenvalue weighted by Crippen LogP contribution is -2.41. The fraction of sp³-hybridized carbons (Fsp3) is 0.185. The van der Waals surface area contributed by atoms with Crippen molar-refractivity contribution in [1.82, 2.24) is 10.2 Å². The molecule has 0 aromatic heterocycles. The maximum Gasteiger partial charge on any atom is 0.325 e. The smallest absolute Gasteiger partial charge is 0.325 e. The first-order chi connectivity index (χ1) is 17.3. The highest BCUT2D eigenvalue weighted by atomic mass is 16.6. The number of hydrogen-bond donors (Lipinski definition) is 2. The zero-order valence-electron chi connectivity index (χ0n) is 19.4. The van der Waals surface area contributed by atoms with Crippen LogP contribution >= 0.6 is 0 Å². The Morgan fingerprint density at radius 1 is 0.917 bits per heavy atom. The van der Waals surface area contributed by atoms with Crippen LogP contribution in [0.3, 0.4) is 0 Å². The number of urea groups is 1. The molecule has 2 aliphatic heterocycles. The third-order valence-electron chi connectivity index (χ3n) is 6.20. The van der Waals surface area contributed by atoms with Crippen molar-refractivity contribution in [3.8, 4) is 11.5 Å². The van der Waals surface area contributed by atoms with E-state index in [1.165, 1.54) is 0 Å². The second kappa shape index (κ2) is 9.18. The summed E-state index contributed by atoms with van der Waals surface area (Å²) in [6.07, 6.45) is 0. The predicted octanol–water partition coefficient (Wildman–Crippen LogP) is 3.36. The summed E-state index contributed by atoms with van der Waals surface area (Å²) >= 11 is 0. The molecule has 0 unspecified atom stereocenters. The number of fused-ring (bicyclic) bond motifs is 1. The Hall–Kier alpha value is -4.66. The molecule has 0 aliphatic carbocycles. The average molecular weight is 485 g/mol. The van der Waals surface area contributed by atoms with E-state index in [9.17, 15) is 19.2 Å². The normalized spacial score (nSPS) is 18.5. The van der Waals surface area contributed by atoms with E-state index in [0.717, 1.165) is 4.90 Å². The molecule has 3 aromatic carbocycles. The molecule has 9 heteroatoms. The van der Waals surface area contributed by atoms with Gasteiger partial charge in [-0.25, -0.2) is 4.79 Å². The number of benzene rings is 3. The highest BCUT2D eigenvalue weighted by Gasteiger charge is 2.49. The Balaban J connectivity index is 1.27. The summed E-state index contributed by atoms with van der Waals surface area (Å²) in [6.45, 7) is 2.01. The highest BCUT2D eigenvalue weighted by Crippen LogP contribution is 2.36. The van der Waals surface area contributed by atoms with Crippen molar-refractivity contribution in [1.29, 1.82) is 0 Å². The van der Waals surface area contributed by atoms with E-state index >= 15 is 0 Å². The summed E-state index contributed by atoms with van der Waals surface area (Å²) < 4.78 is 11.1. The van der Waals surface area contributed by atoms with Gasteiger partial charge in [0.15, 0.2) is 17.3 Å². The predicted molar refractivity (Wildman–Crippen MR) is 130 cm³/mol. The molecule has 1 fully saturated rings. The van der Waals surface area contributed by atoms with E-state index in [-0.39, 0.29) is 5.91 Å². The first-order valence-corrected chi connectivity index (χ1v) is 11.4. The van der Waals surface area contributed by atoms with Gasteiger partial charge < -0.3 is 20.1 Å². The van der Waals surface area contributed by atoms with E-state index in [1.54, 1.807) is 73.7 Å². The highest BCUT2D eigenvalue weighted by molar-refractivity contribution is 6.11. The van der Waals surface area contributed by atoms with E-state index in [1.807, 2.05) is 6.07 Å². The summed E-state index contributed by atoms with van der Waals surface area (Å²) in [6, 6.07) is 19.4. The van der Waals surface area contributed by atoms with Crippen LogP contribution in [0.15, 0.2) is 72.8 Å². The number of carbonyl (C=O) groups is 4. The van der Waals surface area contributed by atoms with Crippen LogP contribution in [0.2, 0.25) is 0 Å². The molecule has 1 saturated heterocycles. The van der Waals surface area contributed by atoms with Gasteiger partial charge in [0, 0.05) is 16.8 Å². The minimum absolute atomic E-state index is 0.271. The zero-order valence-corrected chi connectivity index (χ0v) is 19.4. The van der Waals surface area contributed by atoms with E-state index < -0.39 is 29.8 Å². The van der Waals surface area contributed by atoms with Crippen molar-refractivity contribution in [2.75, 3.05) is 25.1 Å². The Kier molecular flexibility index (Phi) is 5.89. The number of ether oxygens (including phenoxy) is 2. The topological polar surface area (TPSA) is 114 Å². The molecular weight excluding hydrogens is 462 g/mol. The average Bonchev–Trinajstić information content (AvgIpc) is 3.13. The van der Waals surface area contributed by atoms with Crippen molar-refractivity contribution in [3.05, 3.63) is 89.5 Å². The number of imide groups is 1. The molecule has 2 heterocycles. The SMILES string of the molecule is C[C@]1(c2ccc3c(c2)OCCO3)NC(=O)N(CC(=O)c2ccc(NC(=O)c3ccccc3)cc2)C1=O.